The standard InChI is InChI=1S/C8H11NO3/c9-5-7-6(4-8(10)11)2-1-3-12-7/h6-7H,1-4H2,(H,10,11)/t6-,7+/m1/s1. The molecule has 12 heavy (non-hydrogen) atoms. The van der Waals surface area contributed by atoms with Crippen LogP contribution in [0, 0.1) is 17.2 Å². The molecule has 0 saturated carbocycles. The lowest BCUT2D eigenvalue weighted by Crippen LogP contribution is -2.29. The Bertz CT molecular complexity index is 209. The summed E-state index contributed by atoms with van der Waals surface area (Å²) in [5.74, 6) is -0.980. The molecule has 2 atom stereocenters. The Morgan fingerprint density at radius 2 is 2.50 bits per heavy atom. The number of nitrogens with zero attached hydrogens (tertiary/aromatic N) is 1. The van der Waals surface area contributed by atoms with Gasteiger partial charge in [0.25, 0.3) is 0 Å². The van der Waals surface area contributed by atoms with Crippen molar-refractivity contribution in [2.45, 2.75) is 25.4 Å². The van der Waals surface area contributed by atoms with Gasteiger partial charge in [0.15, 0.2) is 0 Å². The van der Waals surface area contributed by atoms with Crippen molar-refractivity contribution in [1.29, 1.82) is 5.26 Å². The summed E-state index contributed by atoms with van der Waals surface area (Å²) in [6, 6.07) is 1.97. The van der Waals surface area contributed by atoms with E-state index in [1.807, 2.05) is 6.07 Å². The van der Waals surface area contributed by atoms with Crippen LogP contribution in [0.3, 0.4) is 0 Å². The minimum Gasteiger partial charge on any atom is -0.481 e. The SMILES string of the molecule is N#C[C@@H]1OCCC[C@@H]1CC(=O)O. The average Bonchev–Trinajstić information content (AvgIpc) is 2.04. The number of carboxylic acid groups (broad SMARTS) is 1. The van der Waals surface area contributed by atoms with E-state index < -0.39 is 12.1 Å². The summed E-state index contributed by atoms with van der Waals surface area (Å²) in [7, 11) is 0. The van der Waals surface area contributed by atoms with Crippen LogP contribution >= 0.6 is 0 Å². The number of carbonyl (C=O) groups is 1. The summed E-state index contributed by atoms with van der Waals surface area (Å²) in [5, 5.41) is 17.1. The van der Waals surface area contributed by atoms with Gasteiger partial charge in [-0.15, -0.1) is 0 Å². The Morgan fingerprint density at radius 3 is 3.08 bits per heavy atom. The number of hydrogen-bond donors (Lipinski definition) is 1. The lowest BCUT2D eigenvalue weighted by atomic mass is 9.92. The number of nitriles is 1. The molecule has 0 unspecified atom stereocenters. The van der Waals surface area contributed by atoms with Crippen LogP contribution in [-0.2, 0) is 9.53 Å². The van der Waals surface area contributed by atoms with E-state index in [4.69, 9.17) is 15.1 Å². The van der Waals surface area contributed by atoms with E-state index >= 15 is 0 Å². The number of ether oxygens (including phenoxy) is 1. The van der Waals surface area contributed by atoms with Crippen LogP contribution in [0.2, 0.25) is 0 Å². The topological polar surface area (TPSA) is 70.3 Å². The highest BCUT2D eigenvalue weighted by Gasteiger charge is 2.27. The van der Waals surface area contributed by atoms with E-state index in [2.05, 4.69) is 0 Å². The maximum absolute atomic E-state index is 10.4. The van der Waals surface area contributed by atoms with Crippen molar-refractivity contribution in [3.05, 3.63) is 0 Å². The molecule has 0 amide bonds. The van der Waals surface area contributed by atoms with Crippen LogP contribution in [0.25, 0.3) is 0 Å². The summed E-state index contributed by atoms with van der Waals surface area (Å²) < 4.78 is 5.12. The summed E-state index contributed by atoms with van der Waals surface area (Å²) >= 11 is 0. The van der Waals surface area contributed by atoms with E-state index in [0.717, 1.165) is 12.8 Å². The van der Waals surface area contributed by atoms with Gasteiger partial charge in [-0.3, -0.25) is 4.79 Å². The zero-order valence-corrected chi connectivity index (χ0v) is 6.69. The number of carboxylic acids is 1. The van der Waals surface area contributed by atoms with Crippen molar-refractivity contribution in [3.63, 3.8) is 0 Å². The van der Waals surface area contributed by atoms with Gasteiger partial charge < -0.3 is 9.84 Å². The highest BCUT2D eigenvalue weighted by molar-refractivity contribution is 5.67. The normalized spacial score (nSPS) is 29.2. The first-order valence-electron chi connectivity index (χ1n) is 3.97. The Hall–Kier alpha value is -1.08. The van der Waals surface area contributed by atoms with Gasteiger partial charge in [0.2, 0.25) is 0 Å². The molecule has 1 saturated heterocycles. The second kappa shape index (κ2) is 4.07. The molecule has 0 aliphatic carbocycles. The maximum atomic E-state index is 10.4. The van der Waals surface area contributed by atoms with Crippen LogP contribution in [-0.4, -0.2) is 23.8 Å². The molecular formula is C8H11NO3. The summed E-state index contributed by atoms with van der Waals surface area (Å²) in [6.07, 6.45) is 1.16. The third-order valence-corrected chi connectivity index (χ3v) is 2.01. The van der Waals surface area contributed by atoms with Gasteiger partial charge in [-0.25, -0.2) is 0 Å². The maximum Gasteiger partial charge on any atom is 0.303 e. The first-order chi connectivity index (χ1) is 5.74. The summed E-state index contributed by atoms with van der Waals surface area (Å²) in [6.45, 7) is 0.578. The van der Waals surface area contributed by atoms with Crippen LogP contribution in [0.15, 0.2) is 0 Å². The highest BCUT2D eigenvalue weighted by atomic mass is 16.5. The fourth-order valence-corrected chi connectivity index (χ4v) is 1.42. The Kier molecular flexibility index (Phi) is 3.06. The highest BCUT2D eigenvalue weighted by Crippen LogP contribution is 2.23. The lowest BCUT2D eigenvalue weighted by Gasteiger charge is -2.25. The second-order valence-electron chi connectivity index (χ2n) is 2.92. The monoisotopic (exact) mass is 169 g/mol. The quantitative estimate of drug-likeness (QED) is 0.663. The van der Waals surface area contributed by atoms with Crippen molar-refractivity contribution in [2.75, 3.05) is 6.61 Å². The molecule has 66 valence electrons. The molecule has 0 bridgehead atoms. The molecule has 0 spiro atoms. The zero-order valence-electron chi connectivity index (χ0n) is 6.69. The minimum atomic E-state index is -0.856. The fourth-order valence-electron chi connectivity index (χ4n) is 1.42. The van der Waals surface area contributed by atoms with E-state index in [-0.39, 0.29) is 12.3 Å². The molecule has 4 nitrogen and oxygen atoms in total. The van der Waals surface area contributed by atoms with Crippen molar-refractivity contribution in [3.8, 4) is 6.07 Å². The molecule has 0 radical (unpaired) electrons. The Labute approximate surface area is 70.7 Å². The van der Waals surface area contributed by atoms with Gasteiger partial charge in [-0.1, -0.05) is 0 Å². The van der Waals surface area contributed by atoms with Crippen molar-refractivity contribution in [1.82, 2.24) is 0 Å². The molecule has 4 heteroatoms. The van der Waals surface area contributed by atoms with Gasteiger partial charge >= 0.3 is 5.97 Å². The van der Waals surface area contributed by atoms with Crippen LogP contribution < -0.4 is 0 Å². The molecule has 0 aromatic carbocycles. The summed E-state index contributed by atoms with van der Waals surface area (Å²) in [5.41, 5.74) is 0. The molecule has 1 aliphatic heterocycles. The van der Waals surface area contributed by atoms with Gasteiger partial charge in [0, 0.05) is 12.5 Å². The average molecular weight is 169 g/mol. The van der Waals surface area contributed by atoms with E-state index in [1.54, 1.807) is 0 Å². The van der Waals surface area contributed by atoms with Crippen LogP contribution in [0.4, 0.5) is 0 Å². The molecule has 0 aromatic heterocycles. The van der Waals surface area contributed by atoms with E-state index in [9.17, 15) is 4.79 Å². The predicted octanol–water partition coefficient (Wildman–Crippen LogP) is 0.780. The van der Waals surface area contributed by atoms with Gasteiger partial charge in [0.1, 0.15) is 6.10 Å². The molecule has 0 aromatic rings. The molecule has 1 heterocycles. The van der Waals surface area contributed by atoms with E-state index in [0.29, 0.717) is 6.61 Å². The third-order valence-electron chi connectivity index (χ3n) is 2.01. The van der Waals surface area contributed by atoms with Gasteiger partial charge in [-0.2, -0.15) is 5.26 Å². The first-order valence-corrected chi connectivity index (χ1v) is 3.97. The third kappa shape index (κ3) is 2.21. The largest absolute Gasteiger partial charge is 0.481 e. The number of aliphatic carboxylic acids is 1. The number of rotatable bonds is 2. The van der Waals surface area contributed by atoms with E-state index in [1.165, 1.54) is 0 Å². The zero-order chi connectivity index (χ0) is 8.97. The van der Waals surface area contributed by atoms with Crippen molar-refractivity contribution in [2.24, 2.45) is 5.92 Å². The minimum absolute atomic E-state index is 0.0399. The van der Waals surface area contributed by atoms with Crippen LogP contribution in [0.5, 0.6) is 0 Å². The lowest BCUT2D eigenvalue weighted by molar-refractivity contribution is -0.140. The Balaban J connectivity index is 2.48. The van der Waals surface area contributed by atoms with Crippen molar-refractivity contribution < 1.29 is 14.6 Å². The molecule has 1 N–H and O–H groups in total. The Morgan fingerprint density at radius 1 is 1.75 bits per heavy atom. The number of hydrogen-bond acceptors (Lipinski definition) is 3. The first kappa shape index (κ1) is 9.01. The molecule has 1 fully saturated rings. The second-order valence-corrected chi connectivity index (χ2v) is 2.92. The smallest absolute Gasteiger partial charge is 0.303 e. The predicted molar refractivity (Wildman–Crippen MR) is 40.3 cm³/mol. The molecular weight excluding hydrogens is 158 g/mol. The molecule has 1 rings (SSSR count). The van der Waals surface area contributed by atoms with Gasteiger partial charge in [0.05, 0.1) is 12.5 Å². The van der Waals surface area contributed by atoms with Crippen LogP contribution in [0.1, 0.15) is 19.3 Å². The molecule has 1 aliphatic rings. The van der Waals surface area contributed by atoms with Crippen molar-refractivity contribution >= 4 is 5.97 Å². The van der Waals surface area contributed by atoms with Gasteiger partial charge in [-0.05, 0) is 12.8 Å². The summed E-state index contributed by atoms with van der Waals surface area (Å²) in [4.78, 5) is 10.4. The fraction of sp³-hybridized carbons (Fsp3) is 0.750.